The van der Waals surface area contributed by atoms with Crippen LogP contribution in [0.4, 0.5) is 0 Å². The van der Waals surface area contributed by atoms with Crippen LogP contribution in [0.5, 0.6) is 0 Å². The van der Waals surface area contributed by atoms with Crippen LogP contribution in [-0.4, -0.2) is 59.7 Å². The molecule has 0 fully saturated rings. The lowest BCUT2D eigenvalue weighted by atomic mass is 9.90. The zero-order chi connectivity index (χ0) is 15.8. The summed E-state index contributed by atoms with van der Waals surface area (Å²) in [6.07, 6.45) is 0.777. The maximum Gasteiger partial charge on any atom is 0.306 e. The van der Waals surface area contributed by atoms with Gasteiger partial charge in [0.1, 0.15) is 0 Å². The van der Waals surface area contributed by atoms with E-state index in [1.165, 1.54) is 14.2 Å². The fourth-order valence-corrected chi connectivity index (χ4v) is 2.46. The highest BCUT2D eigenvalue weighted by Crippen LogP contribution is 2.19. The quantitative estimate of drug-likeness (QED) is 0.590. The minimum atomic E-state index is -3.59. The van der Waals surface area contributed by atoms with Gasteiger partial charge in [0, 0.05) is 33.9 Å². The molecule has 0 unspecified atom stereocenters. The first kappa shape index (κ1) is 19.3. The second-order valence-corrected chi connectivity index (χ2v) is 7.24. The van der Waals surface area contributed by atoms with E-state index in [0.717, 1.165) is 10.7 Å². The molecule has 0 heterocycles. The van der Waals surface area contributed by atoms with Crippen LogP contribution in [0.1, 0.15) is 26.7 Å². The maximum atomic E-state index is 12.0. The summed E-state index contributed by atoms with van der Waals surface area (Å²) in [6, 6.07) is 0. The van der Waals surface area contributed by atoms with Crippen LogP contribution in [0.2, 0.25) is 0 Å². The van der Waals surface area contributed by atoms with Crippen LogP contribution in [0.3, 0.4) is 0 Å². The average molecular weight is 310 g/mol. The van der Waals surface area contributed by atoms with Gasteiger partial charge in [-0.15, -0.1) is 0 Å². The van der Waals surface area contributed by atoms with Gasteiger partial charge in [0.25, 0.3) is 10.2 Å². The molecule has 0 bridgehead atoms. The molecule has 8 heteroatoms. The fourth-order valence-electron chi connectivity index (χ4n) is 1.33. The number of nitrogens with zero attached hydrogens (tertiary/aromatic N) is 1. The van der Waals surface area contributed by atoms with Gasteiger partial charge in [0.05, 0.1) is 13.5 Å². The normalized spacial score (nSPS) is 12.7. The first-order valence-electron chi connectivity index (χ1n) is 6.41. The van der Waals surface area contributed by atoms with Crippen molar-refractivity contribution in [2.45, 2.75) is 26.7 Å². The number of carbonyl (C=O) groups is 1. The van der Waals surface area contributed by atoms with Gasteiger partial charge < -0.3 is 9.47 Å². The third-order valence-electron chi connectivity index (χ3n) is 2.98. The third kappa shape index (κ3) is 7.78. The summed E-state index contributed by atoms with van der Waals surface area (Å²) >= 11 is 0. The third-order valence-corrected chi connectivity index (χ3v) is 4.50. The van der Waals surface area contributed by atoms with Gasteiger partial charge in [-0.25, -0.2) is 4.72 Å². The Bertz CT molecular complexity index is 395. The molecule has 0 atom stereocenters. The van der Waals surface area contributed by atoms with Crippen molar-refractivity contribution in [1.82, 2.24) is 9.03 Å². The van der Waals surface area contributed by atoms with E-state index in [9.17, 15) is 13.2 Å². The molecule has 0 amide bonds. The van der Waals surface area contributed by atoms with E-state index >= 15 is 0 Å². The number of hydrogen-bond acceptors (Lipinski definition) is 5. The molecule has 0 saturated heterocycles. The maximum absolute atomic E-state index is 12.0. The minimum absolute atomic E-state index is 0.0287. The van der Waals surface area contributed by atoms with Gasteiger partial charge in [-0.1, -0.05) is 13.8 Å². The van der Waals surface area contributed by atoms with E-state index in [0.29, 0.717) is 13.2 Å². The summed E-state index contributed by atoms with van der Waals surface area (Å²) in [5, 5.41) is 0. The SMILES string of the molecule is COCCC(C)(C)CNS(=O)(=O)N(C)CCC(=O)OC. The molecule has 1 N–H and O–H groups in total. The molecule has 0 aliphatic rings. The highest BCUT2D eigenvalue weighted by atomic mass is 32.2. The predicted octanol–water partition coefficient (Wildman–Crippen LogP) is 0.378. The first-order valence-corrected chi connectivity index (χ1v) is 7.85. The zero-order valence-corrected chi connectivity index (χ0v) is 13.7. The Kier molecular flexibility index (Phi) is 8.26. The first-order chi connectivity index (χ1) is 9.14. The molecule has 0 aromatic heterocycles. The van der Waals surface area contributed by atoms with Crippen molar-refractivity contribution in [3.63, 3.8) is 0 Å². The van der Waals surface area contributed by atoms with Crippen LogP contribution >= 0.6 is 0 Å². The summed E-state index contributed by atoms with van der Waals surface area (Å²) in [7, 11) is 0.720. The monoisotopic (exact) mass is 310 g/mol. The van der Waals surface area contributed by atoms with Gasteiger partial charge in [-0.2, -0.15) is 12.7 Å². The van der Waals surface area contributed by atoms with Crippen molar-refractivity contribution in [3.05, 3.63) is 0 Å². The number of hydrogen-bond donors (Lipinski definition) is 1. The van der Waals surface area contributed by atoms with Crippen molar-refractivity contribution >= 4 is 16.2 Å². The molecule has 0 saturated carbocycles. The molecular formula is C12H26N2O5S. The van der Waals surface area contributed by atoms with E-state index in [2.05, 4.69) is 9.46 Å². The Morgan fingerprint density at radius 2 is 1.90 bits per heavy atom. The van der Waals surface area contributed by atoms with Crippen LogP contribution in [0.25, 0.3) is 0 Å². The lowest BCUT2D eigenvalue weighted by Crippen LogP contribution is -2.43. The minimum Gasteiger partial charge on any atom is -0.469 e. The highest BCUT2D eigenvalue weighted by molar-refractivity contribution is 7.87. The van der Waals surface area contributed by atoms with E-state index in [4.69, 9.17) is 4.74 Å². The van der Waals surface area contributed by atoms with E-state index < -0.39 is 16.2 Å². The molecule has 0 aromatic rings. The average Bonchev–Trinajstić information content (AvgIpc) is 2.40. The number of ether oxygens (including phenoxy) is 2. The molecule has 0 spiro atoms. The van der Waals surface area contributed by atoms with E-state index in [-0.39, 0.29) is 18.4 Å². The van der Waals surface area contributed by atoms with E-state index in [1.54, 1.807) is 7.11 Å². The molecule has 7 nitrogen and oxygen atoms in total. The summed E-state index contributed by atoms with van der Waals surface area (Å²) in [6.45, 7) is 4.89. The van der Waals surface area contributed by atoms with Crippen LogP contribution in [0, 0.1) is 5.41 Å². The Morgan fingerprint density at radius 1 is 1.30 bits per heavy atom. The molecule has 120 valence electrons. The Labute approximate surface area is 121 Å². The summed E-state index contributed by atoms with van der Waals surface area (Å²) in [4.78, 5) is 11.0. The molecular weight excluding hydrogens is 284 g/mol. The van der Waals surface area contributed by atoms with Gasteiger partial charge in [-0.3, -0.25) is 4.79 Å². The van der Waals surface area contributed by atoms with Gasteiger partial charge >= 0.3 is 5.97 Å². The van der Waals surface area contributed by atoms with Gasteiger partial charge in [0.15, 0.2) is 0 Å². The zero-order valence-electron chi connectivity index (χ0n) is 12.9. The van der Waals surface area contributed by atoms with Crippen LogP contribution < -0.4 is 4.72 Å². The summed E-state index contributed by atoms with van der Waals surface area (Å²) in [5.41, 5.74) is -0.202. The van der Waals surface area contributed by atoms with Crippen molar-refractivity contribution in [3.8, 4) is 0 Å². The van der Waals surface area contributed by atoms with Gasteiger partial charge in [0.2, 0.25) is 0 Å². The molecule has 0 aliphatic carbocycles. The predicted molar refractivity (Wildman–Crippen MR) is 76.5 cm³/mol. The summed E-state index contributed by atoms with van der Waals surface area (Å²) < 4.78 is 37.1. The van der Waals surface area contributed by atoms with Crippen molar-refractivity contribution in [1.29, 1.82) is 0 Å². The standard InChI is InChI=1S/C12H26N2O5S/c1-12(2,7-9-18-4)10-13-20(16,17)14(3)8-6-11(15)19-5/h13H,6-10H2,1-5H3. The van der Waals surface area contributed by atoms with E-state index in [1.807, 2.05) is 13.8 Å². The molecule has 0 rings (SSSR count). The lowest BCUT2D eigenvalue weighted by molar-refractivity contribution is -0.140. The smallest absolute Gasteiger partial charge is 0.306 e. The van der Waals surface area contributed by atoms with Gasteiger partial charge in [-0.05, 0) is 11.8 Å². The fraction of sp³-hybridized carbons (Fsp3) is 0.917. The highest BCUT2D eigenvalue weighted by Gasteiger charge is 2.24. The Morgan fingerprint density at radius 3 is 2.40 bits per heavy atom. The second-order valence-electron chi connectivity index (χ2n) is 5.38. The number of esters is 1. The van der Waals surface area contributed by atoms with Crippen molar-refractivity contribution in [2.75, 3.05) is 41.0 Å². The number of nitrogens with one attached hydrogen (secondary N) is 1. The Hall–Kier alpha value is -0.700. The second kappa shape index (κ2) is 8.56. The molecule has 0 aliphatic heterocycles. The lowest BCUT2D eigenvalue weighted by Gasteiger charge is -2.26. The molecule has 0 radical (unpaired) electrons. The van der Waals surface area contributed by atoms with Crippen LogP contribution in [0.15, 0.2) is 0 Å². The number of methoxy groups -OCH3 is 2. The van der Waals surface area contributed by atoms with Crippen molar-refractivity contribution in [2.24, 2.45) is 5.41 Å². The van der Waals surface area contributed by atoms with Crippen LogP contribution in [-0.2, 0) is 24.5 Å². The topological polar surface area (TPSA) is 84.9 Å². The number of rotatable bonds is 10. The number of carbonyl (C=O) groups excluding carboxylic acids is 1. The summed E-state index contributed by atoms with van der Waals surface area (Å²) in [5.74, 6) is -0.438. The van der Waals surface area contributed by atoms with Crippen molar-refractivity contribution < 1.29 is 22.7 Å². The largest absolute Gasteiger partial charge is 0.469 e. The molecule has 20 heavy (non-hydrogen) atoms. The Balaban J connectivity index is 4.33. The molecule has 0 aromatic carbocycles.